The molecule has 0 saturated heterocycles. The maximum Gasteiger partial charge on any atom is 0.360 e. The third kappa shape index (κ3) is 6.38. The van der Waals surface area contributed by atoms with Crippen molar-refractivity contribution in [3.8, 4) is 0 Å². The molecule has 0 fully saturated rings. The van der Waals surface area contributed by atoms with E-state index in [2.05, 4.69) is 22.0 Å². The number of aryl methyl sites for hydroxylation is 1. The summed E-state index contributed by atoms with van der Waals surface area (Å²) in [6.45, 7) is 5.73. The number of carbonyl (C=O) groups is 2. The van der Waals surface area contributed by atoms with Crippen LogP contribution < -0.4 is 5.32 Å². The summed E-state index contributed by atoms with van der Waals surface area (Å²) in [6, 6.07) is 7.43. The number of hydrogen-bond acceptors (Lipinski definition) is 6. The number of benzene rings is 1. The van der Waals surface area contributed by atoms with Crippen molar-refractivity contribution in [3.05, 3.63) is 47.7 Å². The monoisotopic (exact) mass is 389 g/mol. The van der Waals surface area contributed by atoms with Gasteiger partial charge < -0.3 is 24.1 Å². The van der Waals surface area contributed by atoms with Crippen molar-refractivity contribution in [1.29, 1.82) is 0 Å². The molecule has 8 heteroatoms. The van der Waals surface area contributed by atoms with Gasteiger partial charge in [0.2, 0.25) is 5.89 Å². The standard InChI is InChI=1S/C20H27N3O5/c1-4-15-8-6-9-16(12-15)21-20(25)23(10-7-11-27-5-2)13-18-22-17(14-28-18)19(24)26-3/h6,8-9,12,14H,4-5,7,10-11,13H2,1-3H3,(H,21,25). The molecule has 152 valence electrons. The highest BCUT2D eigenvalue weighted by atomic mass is 16.5. The highest BCUT2D eigenvalue weighted by Crippen LogP contribution is 2.14. The van der Waals surface area contributed by atoms with Crippen LogP contribution in [0.1, 0.15) is 42.2 Å². The Balaban J connectivity index is 2.07. The number of anilines is 1. The summed E-state index contributed by atoms with van der Waals surface area (Å²) in [7, 11) is 1.27. The third-order valence-corrected chi connectivity index (χ3v) is 4.07. The van der Waals surface area contributed by atoms with Crippen molar-refractivity contribution in [2.75, 3.05) is 32.2 Å². The average Bonchev–Trinajstić information content (AvgIpc) is 3.18. The van der Waals surface area contributed by atoms with E-state index in [1.165, 1.54) is 13.4 Å². The van der Waals surface area contributed by atoms with Crippen LogP contribution in [0.2, 0.25) is 0 Å². The molecule has 0 spiro atoms. The van der Waals surface area contributed by atoms with E-state index in [0.29, 0.717) is 26.2 Å². The Morgan fingerprint density at radius 1 is 1.29 bits per heavy atom. The molecule has 0 saturated carbocycles. The Kier molecular flexibility index (Phi) is 8.48. The molecular formula is C20H27N3O5. The summed E-state index contributed by atoms with van der Waals surface area (Å²) >= 11 is 0. The first-order chi connectivity index (χ1) is 13.6. The summed E-state index contributed by atoms with van der Waals surface area (Å²) in [5.41, 5.74) is 1.93. The van der Waals surface area contributed by atoms with E-state index in [1.54, 1.807) is 4.90 Å². The summed E-state index contributed by atoms with van der Waals surface area (Å²) in [5, 5.41) is 2.90. The van der Waals surface area contributed by atoms with Crippen LogP contribution in [0, 0.1) is 0 Å². The van der Waals surface area contributed by atoms with Gasteiger partial charge in [-0.25, -0.2) is 14.6 Å². The van der Waals surface area contributed by atoms with Gasteiger partial charge in [-0.05, 0) is 37.5 Å². The van der Waals surface area contributed by atoms with Crippen molar-refractivity contribution >= 4 is 17.7 Å². The fourth-order valence-corrected chi connectivity index (χ4v) is 2.57. The van der Waals surface area contributed by atoms with Crippen LogP contribution in [0.3, 0.4) is 0 Å². The minimum atomic E-state index is -0.585. The van der Waals surface area contributed by atoms with Crippen LogP contribution in [-0.4, -0.2) is 48.8 Å². The molecule has 8 nitrogen and oxygen atoms in total. The Morgan fingerprint density at radius 3 is 2.82 bits per heavy atom. The molecule has 2 rings (SSSR count). The molecule has 0 aliphatic heterocycles. The molecule has 0 aliphatic rings. The van der Waals surface area contributed by atoms with Gasteiger partial charge in [0.1, 0.15) is 6.26 Å². The first-order valence-corrected chi connectivity index (χ1v) is 9.32. The molecule has 0 radical (unpaired) electrons. The fourth-order valence-electron chi connectivity index (χ4n) is 2.57. The number of rotatable bonds is 10. The molecule has 1 aromatic carbocycles. The maximum atomic E-state index is 12.8. The Morgan fingerprint density at radius 2 is 2.11 bits per heavy atom. The van der Waals surface area contributed by atoms with Gasteiger partial charge >= 0.3 is 12.0 Å². The molecule has 1 N–H and O–H groups in total. The van der Waals surface area contributed by atoms with Gasteiger partial charge in [0.05, 0.1) is 13.7 Å². The number of methoxy groups -OCH3 is 1. The van der Waals surface area contributed by atoms with E-state index in [4.69, 9.17) is 9.15 Å². The van der Waals surface area contributed by atoms with Crippen molar-refractivity contribution in [1.82, 2.24) is 9.88 Å². The van der Waals surface area contributed by atoms with Crippen molar-refractivity contribution in [2.45, 2.75) is 33.2 Å². The Bertz CT molecular complexity index is 775. The second kappa shape index (κ2) is 11.1. The third-order valence-electron chi connectivity index (χ3n) is 4.07. The van der Waals surface area contributed by atoms with E-state index in [0.717, 1.165) is 17.7 Å². The number of urea groups is 1. The molecule has 2 amide bonds. The zero-order valence-electron chi connectivity index (χ0n) is 16.6. The number of nitrogens with zero attached hydrogens (tertiary/aromatic N) is 2. The Hall–Kier alpha value is -2.87. The number of aromatic nitrogens is 1. The highest BCUT2D eigenvalue weighted by molar-refractivity contribution is 5.89. The predicted molar refractivity (Wildman–Crippen MR) is 104 cm³/mol. The maximum absolute atomic E-state index is 12.8. The normalized spacial score (nSPS) is 10.5. The number of oxazole rings is 1. The average molecular weight is 389 g/mol. The quantitative estimate of drug-likeness (QED) is 0.494. The number of ether oxygens (including phenoxy) is 2. The lowest BCUT2D eigenvalue weighted by Crippen LogP contribution is -2.36. The van der Waals surface area contributed by atoms with Crippen LogP contribution >= 0.6 is 0 Å². The van der Waals surface area contributed by atoms with E-state index in [1.807, 2.05) is 31.2 Å². The summed E-state index contributed by atoms with van der Waals surface area (Å²) < 4.78 is 15.3. The van der Waals surface area contributed by atoms with Gasteiger partial charge in [-0.1, -0.05) is 19.1 Å². The summed E-state index contributed by atoms with van der Waals surface area (Å²) in [4.78, 5) is 30.0. The van der Waals surface area contributed by atoms with Crippen LogP contribution in [0.25, 0.3) is 0 Å². The number of hydrogen-bond donors (Lipinski definition) is 1. The number of carbonyl (C=O) groups excluding carboxylic acids is 2. The molecule has 0 aliphatic carbocycles. The SMILES string of the molecule is CCOCCCN(Cc1nc(C(=O)OC)co1)C(=O)Nc1cccc(CC)c1. The molecule has 0 bridgehead atoms. The first-order valence-electron chi connectivity index (χ1n) is 9.32. The lowest BCUT2D eigenvalue weighted by molar-refractivity contribution is 0.0594. The minimum Gasteiger partial charge on any atom is -0.464 e. The zero-order chi connectivity index (χ0) is 20.4. The van der Waals surface area contributed by atoms with Crippen molar-refractivity contribution < 1.29 is 23.5 Å². The molecule has 0 atom stereocenters. The van der Waals surface area contributed by atoms with Gasteiger partial charge in [-0.2, -0.15) is 0 Å². The zero-order valence-corrected chi connectivity index (χ0v) is 16.6. The van der Waals surface area contributed by atoms with E-state index < -0.39 is 5.97 Å². The molecule has 2 aromatic rings. The second-order valence-corrected chi connectivity index (χ2v) is 6.07. The number of esters is 1. The lowest BCUT2D eigenvalue weighted by atomic mass is 10.1. The van der Waals surface area contributed by atoms with Gasteiger partial charge in [-0.15, -0.1) is 0 Å². The Labute approximate surface area is 164 Å². The van der Waals surface area contributed by atoms with Crippen LogP contribution in [-0.2, 0) is 22.4 Å². The van der Waals surface area contributed by atoms with Crippen LogP contribution in [0.5, 0.6) is 0 Å². The van der Waals surface area contributed by atoms with E-state index >= 15 is 0 Å². The number of amides is 2. The van der Waals surface area contributed by atoms with Gasteiger partial charge in [-0.3, -0.25) is 0 Å². The van der Waals surface area contributed by atoms with Crippen LogP contribution in [0.15, 0.2) is 34.9 Å². The predicted octanol–water partition coefficient (Wildman–Crippen LogP) is 3.48. The smallest absolute Gasteiger partial charge is 0.360 e. The largest absolute Gasteiger partial charge is 0.464 e. The van der Waals surface area contributed by atoms with E-state index in [-0.39, 0.29) is 24.2 Å². The van der Waals surface area contributed by atoms with Gasteiger partial charge in [0, 0.05) is 25.4 Å². The topological polar surface area (TPSA) is 93.9 Å². The van der Waals surface area contributed by atoms with E-state index in [9.17, 15) is 9.59 Å². The summed E-state index contributed by atoms with van der Waals surface area (Å²) in [6.07, 6.45) is 2.78. The fraction of sp³-hybridized carbons (Fsp3) is 0.450. The lowest BCUT2D eigenvalue weighted by Gasteiger charge is -2.22. The summed E-state index contributed by atoms with van der Waals surface area (Å²) in [5.74, 6) is -0.326. The highest BCUT2D eigenvalue weighted by Gasteiger charge is 2.19. The first kappa shape index (κ1) is 21.4. The molecule has 28 heavy (non-hydrogen) atoms. The van der Waals surface area contributed by atoms with Crippen molar-refractivity contribution in [3.63, 3.8) is 0 Å². The number of nitrogens with one attached hydrogen (secondary N) is 1. The van der Waals surface area contributed by atoms with Gasteiger partial charge in [0.25, 0.3) is 0 Å². The van der Waals surface area contributed by atoms with Crippen molar-refractivity contribution in [2.24, 2.45) is 0 Å². The molecule has 1 heterocycles. The van der Waals surface area contributed by atoms with Gasteiger partial charge in [0.15, 0.2) is 5.69 Å². The molecular weight excluding hydrogens is 362 g/mol. The van der Waals surface area contributed by atoms with Crippen LogP contribution in [0.4, 0.5) is 10.5 Å². The molecule has 1 aromatic heterocycles. The second-order valence-electron chi connectivity index (χ2n) is 6.07. The molecule has 0 unspecified atom stereocenters. The minimum absolute atomic E-state index is 0.0721.